The predicted molar refractivity (Wildman–Crippen MR) is 103 cm³/mol. The zero-order chi connectivity index (χ0) is 19.4. The minimum Gasteiger partial charge on any atom is -0.325 e. The van der Waals surface area contributed by atoms with Crippen molar-refractivity contribution >= 4 is 34.3 Å². The number of carbonyl (C=O) groups excluding carboxylic acids is 1. The number of hydrogen-bond acceptors (Lipinski definition) is 5. The summed E-state index contributed by atoms with van der Waals surface area (Å²) in [4.78, 5) is 23.3. The molecule has 1 N–H and O–H groups in total. The molecule has 0 fully saturated rings. The number of aromatic nitrogens is 2. The van der Waals surface area contributed by atoms with Gasteiger partial charge in [-0.15, -0.1) is 0 Å². The molecule has 1 aromatic heterocycles. The fraction of sp³-hybridized carbons (Fsp3) is 0.211. The van der Waals surface area contributed by atoms with E-state index in [1.807, 2.05) is 43.3 Å². The highest BCUT2D eigenvalue weighted by molar-refractivity contribution is 8.00. The maximum atomic E-state index is 13.3. The van der Waals surface area contributed by atoms with Gasteiger partial charge in [0.2, 0.25) is 5.91 Å². The van der Waals surface area contributed by atoms with Gasteiger partial charge < -0.3 is 10.2 Å². The number of halogens is 2. The Kier molecular flexibility index (Phi) is 5.98. The maximum Gasteiger partial charge on any atom is 0.234 e. The number of anilines is 1. The number of nitrogens with zero attached hydrogens (tertiary/aromatic N) is 3. The lowest BCUT2D eigenvalue weighted by Crippen LogP contribution is -2.15. The van der Waals surface area contributed by atoms with E-state index >= 15 is 0 Å². The average Bonchev–Trinajstić information content (AvgIpc) is 2.62. The molecule has 0 saturated carbocycles. The first-order chi connectivity index (χ1) is 12.9. The van der Waals surface area contributed by atoms with Gasteiger partial charge >= 0.3 is 0 Å². The van der Waals surface area contributed by atoms with Crippen LogP contribution in [-0.4, -0.2) is 40.6 Å². The summed E-state index contributed by atoms with van der Waals surface area (Å²) in [6.45, 7) is 0.583. The molecule has 1 amide bonds. The highest BCUT2D eigenvalue weighted by Crippen LogP contribution is 2.25. The minimum absolute atomic E-state index is 0.0847. The highest BCUT2D eigenvalue weighted by Gasteiger charge is 2.12. The van der Waals surface area contributed by atoms with Crippen molar-refractivity contribution in [3.63, 3.8) is 0 Å². The zero-order valence-electron chi connectivity index (χ0n) is 14.9. The first-order valence-corrected chi connectivity index (χ1v) is 9.19. The summed E-state index contributed by atoms with van der Waals surface area (Å²) in [6.07, 6.45) is 0. The Bertz CT molecular complexity index is 981. The number of hydrogen-bond donors (Lipinski definition) is 1. The highest BCUT2D eigenvalue weighted by atomic mass is 32.2. The third-order valence-electron chi connectivity index (χ3n) is 3.62. The number of carbonyl (C=O) groups is 1. The smallest absolute Gasteiger partial charge is 0.234 e. The fourth-order valence-corrected chi connectivity index (χ4v) is 3.30. The molecule has 0 saturated heterocycles. The second kappa shape index (κ2) is 8.41. The number of fused-ring (bicyclic) bond motifs is 1. The molecule has 0 unspecified atom stereocenters. The lowest BCUT2D eigenvalue weighted by Gasteiger charge is -2.12. The Balaban J connectivity index is 1.75. The first-order valence-electron chi connectivity index (χ1n) is 8.20. The summed E-state index contributed by atoms with van der Waals surface area (Å²) in [5, 5.41) is 4.13. The standard InChI is InChI=1S/C19H18F2N4OS/c1-25(2)10-17-23-16-6-4-3-5-13(16)19(24-17)27-11-18(26)22-12-7-8-14(20)15(21)9-12/h3-9H,10-11H2,1-2H3,(H,22,26). The van der Waals surface area contributed by atoms with Crippen LogP contribution in [0.3, 0.4) is 0 Å². The second-order valence-electron chi connectivity index (χ2n) is 6.17. The van der Waals surface area contributed by atoms with Gasteiger partial charge in [0.05, 0.1) is 17.8 Å². The van der Waals surface area contributed by atoms with Crippen LogP contribution in [0.5, 0.6) is 0 Å². The fourth-order valence-electron chi connectivity index (χ4n) is 2.46. The summed E-state index contributed by atoms with van der Waals surface area (Å²) in [5.74, 6) is -1.54. The van der Waals surface area contributed by atoms with Crippen molar-refractivity contribution in [1.29, 1.82) is 0 Å². The summed E-state index contributed by atoms with van der Waals surface area (Å²) >= 11 is 1.28. The number of rotatable bonds is 6. The van der Waals surface area contributed by atoms with Crippen LogP contribution in [0.25, 0.3) is 10.9 Å². The zero-order valence-corrected chi connectivity index (χ0v) is 15.7. The topological polar surface area (TPSA) is 58.1 Å². The molecular formula is C19H18F2N4OS. The number of para-hydroxylation sites is 1. The third kappa shape index (κ3) is 4.99. The van der Waals surface area contributed by atoms with Crippen LogP contribution in [0.15, 0.2) is 47.5 Å². The number of thioether (sulfide) groups is 1. The van der Waals surface area contributed by atoms with E-state index < -0.39 is 11.6 Å². The summed E-state index contributed by atoms with van der Waals surface area (Å²) in [6, 6.07) is 10.8. The predicted octanol–water partition coefficient (Wildman–Crippen LogP) is 3.70. The van der Waals surface area contributed by atoms with E-state index in [9.17, 15) is 13.6 Å². The van der Waals surface area contributed by atoms with Crippen LogP contribution in [0.4, 0.5) is 14.5 Å². The van der Waals surface area contributed by atoms with Crippen LogP contribution in [0.2, 0.25) is 0 Å². The SMILES string of the molecule is CN(C)Cc1nc(SCC(=O)Nc2ccc(F)c(F)c2)c2ccccc2n1. The van der Waals surface area contributed by atoms with Crippen LogP contribution < -0.4 is 5.32 Å². The van der Waals surface area contributed by atoms with Gasteiger partial charge in [-0.2, -0.15) is 0 Å². The number of nitrogens with one attached hydrogen (secondary N) is 1. The molecule has 0 radical (unpaired) electrons. The van der Waals surface area contributed by atoms with Crippen LogP contribution in [0.1, 0.15) is 5.82 Å². The molecule has 0 aliphatic heterocycles. The van der Waals surface area contributed by atoms with Crippen molar-refractivity contribution in [1.82, 2.24) is 14.9 Å². The Hall–Kier alpha value is -2.58. The molecule has 27 heavy (non-hydrogen) atoms. The summed E-state index contributed by atoms with van der Waals surface area (Å²) in [7, 11) is 3.86. The van der Waals surface area contributed by atoms with E-state index in [4.69, 9.17) is 0 Å². The van der Waals surface area contributed by atoms with Crippen molar-refractivity contribution in [2.45, 2.75) is 11.6 Å². The Morgan fingerprint density at radius 3 is 2.63 bits per heavy atom. The van der Waals surface area contributed by atoms with Crippen molar-refractivity contribution in [3.8, 4) is 0 Å². The quantitative estimate of drug-likeness (QED) is 0.515. The average molecular weight is 388 g/mol. The monoisotopic (exact) mass is 388 g/mol. The first kappa shape index (κ1) is 19.2. The molecule has 8 heteroatoms. The Morgan fingerprint density at radius 2 is 1.89 bits per heavy atom. The number of amides is 1. The molecular weight excluding hydrogens is 370 g/mol. The minimum atomic E-state index is -1.00. The molecule has 0 atom stereocenters. The molecule has 0 aliphatic carbocycles. The Morgan fingerprint density at radius 1 is 1.11 bits per heavy atom. The van der Waals surface area contributed by atoms with E-state index in [1.54, 1.807) is 0 Å². The Labute approximate surface area is 159 Å². The third-order valence-corrected chi connectivity index (χ3v) is 4.61. The van der Waals surface area contributed by atoms with Gasteiger partial charge in [0.25, 0.3) is 0 Å². The normalized spacial score (nSPS) is 11.1. The van der Waals surface area contributed by atoms with E-state index in [2.05, 4.69) is 15.3 Å². The van der Waals surface area contributed by atoms with Gasteiger partial charge in [0.1, 0.15) is 10.9 Å². The largest absolute Gasteiger partial charge is 0.325 e. The molecule has 0 spiro atoms. The second-order valence-corrected chi connectivity index (χ2v) is 7.13. The van der Waals surface area contributed by atoms with Crippen molar-refractivity contribution in [2.75, 3.05) is 25.2 Å². The summed E-state index contributed by atoms with van der Waals surface area (Å²) < 4.78 is 26.2. The molecule has 1 heterocycles. The summed E-state index contributed by atoms with van der Waals surface area (Å²) in [5.41, 5.74) is 1.02. The van der Waals surface area contributed by atoms with Crippen LogP contribution in [0, 0.1) is 11.6 Å². The van der Waals surface area contributed by atoms with E-state index in [1.165, 1.54) is 17.8 Å². The van der Waals surface area contributed by atoms with Gasteiger partial charge in [-0.1, -0.05) is 30.0 Å². The lowest BCUT2D eigenvalue weighted by atomic mass is 10.2. The maximum absolute atomic E-state index is 13.3. The molecule has 0 aliphatic rings. The molecule has 2 aromatic carbocycles. The van der Waals surface area contributed by atoms with E-state index in [0.717, 1.165) is 23.0 Å². The lowest BCUT2D eigenvalue weighted by molar-refractivity contribution is -0.113. The van der Waals surface area contributed by atoms with E-state index in [0.29, 0.717) is 17.4 Å². The van der Waals surface area contributed by atoms with Gasteiger partial charge in [0, 0.05) is 17.1 Å². The van der Waals surface area contributed by atoms with Crippen molar-refractivity contribution < 1.29 is 13.6 Å². The molecule has 140 valence electrons. The number of benzene rings is 2. The van der Waals surface area contributed by atoms with Crippen molar-refractivity contribution in [3.05, 3.63) is 59.9 Å². The van der Waals surface area contributed by atoms with Crippen LogP contribution in [-0.2, 0) is 11.3 Å². The van der Waals surface area contributed by atoms with Gasteiger partial charge in [0.15, 0.2) is 11.6 Å². The van der Waals surface area contributed by atoms with Crippen LogP contribution >= 0.6 is 11.8 Å². The van der Waals surface area contributed by atoms with E-state index in [-0.39, 0.29) is 17.3 Å². The molecule has 3 aromatic rings. The van der Waals surface area contributed by atoms with Gasteiger partial charge in [-0.3, -0.25) is 4.79 Å². The molecule has 5 nitrogen and oxygen atoms in total. The van der Waals surface area contributed by atoms with Crippen molar-refractivity contribution in [2.24, 2.45) is 0 Å². The van der Waals surface area contributed by atoms with Gasteiger partial charge in [-0.25, -0.2) is 18.7 Å². The van der Waals surface area contributed by atoms with Gasteiger partial charge in [-0.05, 0) is 32.3 Å². The molecule has 0 bridgehead atoms. The molecule has 3 rings (SSSR count).